The first-order valence-electron chi connectivity index (χ1n) is 18.1. The van der Waals surface area contributed by atoms with Crippen molar-refractivity contribution in [2.75, 3.05) is 24.5 Å². The number of carbonyl (C=O) groups is 1. The van der Waals surface area contributed by atoms with E-state index in [-0.39, 0.29) is 16.7 Å². The van der Waals surface area contributed by atoms with Crippen LogP contribution < -0.4 is 4.90 Å². The zero-order chi connectivity index (χ0) is 33.1. The molecule has 0 unspecified atom stereocenters. The molecule has 0 N–H and O–H groups in total. The summed E-state index contributed by atoms with van der Waals surface area (Å²) in [4.78, 5) is 18.0. The number of benzene rings is 2. The minimum absolute atomic E-state index is 0.00148. The quantitative estimate of drug-likeness (QED) is 0.221. The van der Waals surface area contributed by atoms with Crippen LogP contribution in [0.1, 0.15) is 124 Å². The average molecular weight is 621 g/mol. The molecule has 0 atom stereocenters. The van der Waals surface area contributed by atoms with Crippen molar-refractivity contribution in [3.05, 3.63) is 94.4 Å². The number of carbonyl (C=O) groups excluding carboxylic acids is 1. The van der Waals surface area contributed by atoms with E-state index in [1.165, 1.54) is 50.8 Å². The third kappa shape index (κ3) is 6.29. The van der Waals surface area contributed by atoms with Gasteiger partial charge in [-0.05, 0) is 81.2 Å². The molecule has 2 aliphatic heterocycles. The van der Waals surface area contributed by atoms with E-state index >= 15 is 0 Å². The summed E-state index contributed by atoms with van der Waals surface area (Å²) in [5.74, 6) is 0.163. The van der Waals surface area contributed by atoms with E-state index < -0.39 is 0 Å². The molecule has 0 bridgehead atoms. The van der Waals surface area contributed by atoms with Crippen LogP contribution in [-0.2, 0) is 15.6 Å². The second kappa shape index (κ2) is 14.2. The Labute approximate surface area is 279 Å². The second-order valence-corrected chi connectivity index (χ2v) is 14.6. The number of unbranched alkanes of at least 4 members (excludes halogenated alkanes) is 1. The number of anilines is 1. The highest BCUT2D eigenvalue weighted by Crippen LogP contribution is 2.48. The fraction of sp³-hybridized carbons (Fsp3) is 0.524. The van der Waals surface area contributed by atoms with E-state index in [4.69, 9.17) is 0 Å². The normalized spacial score (nSPS) is 20.1. The van der Waals surface area contributed by atoms with Crippen molar-refractivity contribution in [3.8, 4) is 0 Å². The lowest BCUT2D eigenvalue weighted by molar-refractivity contribution is -0.439. The van der Waals surface area contributed by atoms with Crippen LogP contribution in [0, 0.1) is 0 Å². The van der Waals surface area contributed by atoms with E-state index in [1.807, 2.05) is 0 Å². The van der Waals surface area contributed by atoms with E-state index in [0.717, 1.165) is 77.4 Å². The fourth-order valence-corrected chi connectivity index (χ4v) is 8.33. The van der Waals surface area contributed by atoms with Crippen LogP contribution in [0.2, 0.25) is 0 Å². The van der Waals surface area contributed by atoms with Crippen LogP contribution in [0.3, 0.4) is 0 Å². The molecule has 246 valence electrons. The molecule has 0 saturated heterocycles. The van der Waals surface area contributed by atoms with E-state index in [0.29, 0.717) is 0 Å². The number of amides is 1. The van der Waals surface area contributed by atoms with Crippen LogP contribution >= 0.6 is 0 Å². The van der Waals surface area contributed by atoms with E-state index in [9.17, 15) is 4.79 Å². The Balaban J connectivity index is 1.58. The molecule has 0 spiro atoms. The smallest absolute Gasteiger partial charge is 0.223 e. The molecule has 2 aromatic carbocycles. The highest BCUT2D eigenvalue weighted by Gasteiger charge is 2.45. The molecule has 3 aliphatic rings. The van der Waals surface area contributed by atoms with Crippen molar-refractivity contribution in [2.45, 2.75) is 124 Å². The zero-order valence-electron chi connectivity index (χ0n) is 30.0. The van der Waals surface area contributed by atoms with Gasteiger partial charge in [-0.2, -0.15) is 4.58 Å². The summed E-state index contributed by atoms with van der Waals surface area (Å²) in [6.45, 7) is 20.9. The lowest BCUT2D eigenvalue weighted by Crippen LogP contribution is -2.33. The number of hydrogen-bond acceptors (Lipinski definition) is 2. The number of rotatable bonds is 12. The van der Waals surface area contributed by atoms with Crippen LogP contribution in [0.5, 0.6) is 0 Å². The third-order valence-electron chi connectivity index (χ3n) is 10.7. The van der Waals surface area contributed by atoms with Gasteiger partial charge in [-0.1, -0.05) is 83.5 Å². The van der Waals surface area contributed by atoms with Gasteiger partial charge >= 0.3 is 0 Å². The van der Waals surface area contributed by atoms with Gasteiger partial charge in [0.15, 0.2) is 5.71 Å². The van der Waals surface area contributed by atoms with Crippen LogP contribution in [-0.4, -0.2) is 40.7 Å². The molecular weight excluding hydrogens is 562 g/mol. The van der Waals surface area contributed by atoms with E-state index in [2.05, 4.69) is 124 Å². The average Bonchev–Trinajstić information content (AvgIpc) is 3.38. The number of hydrogen-bond donors (Lipinski definition) is 0. The van der Waals surface area contributed by atoms with Crippen molar-refractivity contribution in [1.29, 1.82) is 0 Å². The Morgan fingerprint density at radius 2 is 1.59 bits per heavy atom. The Morgan fingerprint density at radius 3 is 2.28 bits per heavy atom. The Hall–Kier alpha value is -3.40. The summed E-state index contributed by atoms with van der Waals surface area (Å²) in [6.07, 6.45) is 14.3. The molecule has 2 aromatic rings. The minimum atomic E-state index is -0.0743. The summed E-state index contributed by atoms with van der Waals surface area (Å²) in [5.41, 5.74) is 12.3. The number of nitrogens with zero attached hydrogens (tertiary/aromatic N) is 3. The zero-order valence-corrected chi connectivity index (χ0v) is 30.0. The van der Waals surface area contributed by atoms with Gasteiger partial charge in [0.2, 0.25) is 11.6 Å². The van der Waals surface area contributed by atoms with Gasteiger partial charge in [-0.15, -0.1) is 0 Å². The highest BCUT2D eigenvalue weighted by atomic mass is 16.2. The van der Waals surface area contributed by atoms with E-state index in [1.54, 1.807) is 6.92 Å². The maximum Gasteiger partial charge on any atom is 0.223 e. The van der Waals surface area contributed by atoms with Gasteiger partial charge in [0.1, 0.15) is 6.54 Å². The largest absolute Gasteiger partial charge is 0.344 e. The van der Waals surface area contributed by atoms with Gasteiger partial charge in [0.05, 0.1) is 5.41 Å². The molecule has 2 heterocycles. The van der Waals surface area contributed by atoms with Crippen molar-refractivity contribution >= 4 is 23.0 Å². The summed E-state index contributed by atoms with van der Waals surface area (Å²) in [7, 11) is 0. The van der Waals surface area contributed by atoms with Gasteiger partial charge < -0.3 is 9.80 Å². The number of para-hydroxylation sites is 2. The van der Waals surface area contributed by atoms with Gasteiger partial charge in [-0.25, -0.2) is 0 Å². The molecule has 0 saturated carbocycles. The summed E-state index contributed by atoms with van der Waals surface area (Å²) >= 11 is 0. The first kappa shape index (κ1) is 33.9. The molecule has 0 fully saturated rings. The Morgan fingerprint density at radius 1 is 0.870 bits per heavy atom. The molecule has 5 rings (SSSR count). The first-order chi connectivity index (χ1) is 22.1. The Bertz CT molecular complexity index is 1570. The molecule has 0 aromatic heterocycles. The first-order valence-corrected chi connectivity index (χ1v) is 18.1. The fourth-order valence-electron chi connectivity index (χ4n) is 8.33. The molecule has 46 heavy (non-hydrogen) atoms. The van der Waals surface area contributed by atoms with Crippen molar-refractivity contribution in [1.82, 2.24) is 4.90 Å². The number of fused-ring (bicyclic) bond motifs is 2. The second-order valence-electron chi connectivity index (χ2n) is 14.6. The Kier molecular flexibility index (Phi) is 10.4. The lowest BCUT2D eigenvalue weighted by atomic mass is 9.78. The summed E-state index contributed by atoms with van der Waals surface area (Å²) < 4.78 is 2.60. The summed E-state index contributed by atoms with van der Waals surface area (Å²) in [6, 6.07) is 17.9. The minimum Gasteiger partial charge on any atom is -0.344 e. The topological polar surface area (TPSA) is 26.6 Å². The third-order valence-corrected chi connectivity index (χ3v) is 10.7. The maximum absolute atomic E-state index is 13.4. The maximum atomic E-state index is 13.4. The monoisotopic (exact) mass is 620 g/mol. The predicted octanol–water partition coefficient (Wildman–Crippen LogP) is 10.4. The molecule has 0 radical (unpaired) electrons. The van der Waals surface area contributed by atoms with Crippen LogP contribution in [0.4, 0.5) is 11.4 Å². The molecule has 4 nitrogen and oxygen atoms in total. The van der Waals surface area contributed by atoms with Gasteiger partial charge in [0.25, 0.3) is 0 Å². The standard InChI is InChI=1S/C42H58N3O/c1-9-12-30-43(31(4)46)40-32(24-26-38-41(5,6)34-20-13-15-22-36(34)44(38)28-10-2)18-17-19-33(40)25-27-39-42(7,8)35-21-14-16-23-37(35)45(39)29-11-3/h13-16,20-24,26H,9-12,17-19,25,27-30H2,1-8H3/q+1/b32-24+,38-26+. The molecule has 1 amide bonds. The number of allylic oxidation sites excluding steroid dienone is 5. The summed E-state index contributed by atoms with van der Waals surface area (Å²) in [5, 5.41) is 0. The SMILES string of the molecule is CCCCN(C(C)=O)C1=C(CCC2=[N+](CCC)c3ccccc3C2(C)C)CCC/C1=C\C=C1\N(CCC)c2ccccc2C1(C)C. The van der Waals surface area contributed by atoms with Crippen LogP contribution in [0.25, 0.3) is 0 Å². The lowest BCUT2D eigenvalue weighted by Gasteiger charge is -2.33. The van der Waals surface area contributed by atoms with Crippen molar-refractivity contribution < 1.29 is 9.37 Å². The predicted molar refractivity (Wildman–Crippen MR) is 195 cm³/mol. The van der Waals surface area contributed by atoms with Crippen molar-refractivity contribution in [3.63, 3.8) is 0 Å². The molecule has 4 heteroatoms. The highest BCUT2D eigenvalue weighted by molar-refractivity contribution is 5.95. The van der Waals surface area contributed by atoms with Crippen molar-refractivity contribution in [2.24, 2.45) is 0 Å². The van der Waals surface area contributed by atoms with Gasteiger partial charge in [-0.3, -0.25) is 4.79 Å². The van der Waals surface area contributed by atoms with Crippen LogP contribution in [0.15, 0.2) is 83.2 Å². The molecular formula is C42H58N3O+. The van der Waals surface area contributed by atoms with Gasteiger partial charge in [0, 0.05) is 67.0 Å². The molecule has 1 aliphatic carbocycles.